The number of sulfone groups is 1. The molecule has 0 N–H and O–H groups in total. The first-order valence-electron chi connectivity index (χ1n) is 12.1. The van der Waals surface area contributed by atoms with Crippen LogP contribution < -0.4 is 0 Å². The summed E-state index contributed by atoms with van der Waals surface area (Å²) >= 11 is 12.5. The summed E-state index contributed by atoms with van der Waals surface area (Å²) in [6.45, 7) is 6.76. The molecule has 0 saturated carbocycles. The van der Waals surface area contributed by atoms with Crippen LogP contribution >= 0.6 is 23.2 Å². The summed E-state index contributed by atoms with van der Waals surface area (Å²) in [7, 11) is -2.36. The molecule has 10 heteroatoms. The number of benzene rings is 2. The molecule has 1 aliphatic heterocycles. The molecule has 1 amide bonds. The SMILES string of the molecule is CC[C@@H](CS(=O)(=O)C(C)(C)C)N1C(=O)[C@@H](CC(=O)OC)O[C@H](c2cccc(Cl)c2)[C@H]1c1ccc(Cl)cc1. The van der Waals surface area contributed by atoms with E-state index in [0.29, 0.717) is 27.6 Å². The highest BCUT2D eigenvalue weighted by Gasteiger charge is 2.48. The van der Waals surface area contributed by atoms with Gasteiger partial charge in [-0.2, -0.15) is 0 Å². The molecule has 0 unspecified atom stereocenters. The summed E-state index contributed by atoms with van der Waals surface area (Å²) in [4.78, 5) is 27.7. The van der Waals surface area contributed by atoms with E-state index in [0.717, 1.165) is 0 Å². The average Bonchev–Trinajstić information content (AvgIpc) is 2.83. The minimum absolute atomic E-state index is 0.240. The van der Waals surface area contributed by atoms with Crippen molar-refractivity contribution in [3.63, 3.8) is 0 Å². The lowest BCUT2D eigenvalue weighted by Crippen LogP contribution is -2.57. The zero-order valence-electron chi connectivity index (χ0n) is 21.6. The van der Waals surface area contributed by atoms with E-state index >= 15 is 0 Å². The molecule has 1 aliphatic rings. The van der Waals surface area contributed by atoms with Gasteiger partial charge in [0.05, 0.1) is 30.1 Å². The normalized spacial score (nSPS) is 21.5. The van der Waals surface area contributed by atoms with Crippen LogP contribution in [0.5, 0.6) is 0 Å². The van der Waals surface area contributed by atoms with E-state index in [2.05, 4.69) is 0 Å². The van der Waals surface area contributed by atoms with Gasteiger partial charge in [-0.15, -0.1) is 0 Å². The standard InChI is InChI=1S/C27H33Cl2NO6S/c1-6-21(16-37(33,34)27(2,3)4)30-24(17-10-12-19(28)13-11-17)25(18-8-7-9-20(29)14-18)36-22(26(30)32)15-23(31)35-5/h7-14,21-22,24-25H,6,15-16H2,1-5H3/t21-,22+,24+,25+/m0/s1. The lowest BCUT2D eigenvalue weighted by molar-refractivity contribution is -0.183. The van der Waals surface area contributed by atoms with Crippen molar-refractivity contribution in [2.45, 2.75) is 69.6 Å². The third-order valence-corrected chi connectivity index (χ3v) is 9.78. The molecular formula is C27H33Cl2NO6S. The van der Waals surface area contributed by atoms with Gasteiger partial charge in [-0.1, -0.05) is 54.4 Å². The highest BCUT2D eigenvalue weighted by atomic mass is 35.5. The van der Waals surface area contributed by atoms with E-state index in [1.807, 2.05) is 13.0 Å². The van der Waals surface area contributed by atoms with E-state index in [9.17, 15) is 18.0 Å². The maximum atomic E-state index is 14.0. The summed E-state index contributed by atoms with van der Waals surface area (Å²) in [5.74, 6) is -1.32. The zero-order valence-corrected chi connectivity index (χ0v) is 23.9. The number of carbonyl (C=O) groups excluding carboxylic acids is 2. The van der Waals surface area contributed by atoms with Gasteiger partial charge < -0.3 is 14.4 Å². The fraction of sp³-hybridized carbons (Fsp3) is 0.481. The van der Waals surface area contributed by atoms with Gasteiger partial charge in [0, 0.05) is 16.1 Å². The molecule has 1 saturated heterocycles. The number of amides is 1. The molecule has 2 aromatic rings. The molecule has 202 valence electrons. The Balaban J connectivity index is 2.21. The van der Waals surface area contributed by atoms with Crippen LogP contribution in [0.25, 0.3) is 0 Å². The van der Waals surface area contributed by atoms with Crippen molar-refractivity contribution in [3.8, 4) is 0 Å². The summed E-state index contributed by atoms with van der Waals surface area (Å²) in [5.41, 5.74) is 1.40. The number of hydrogen-bond donors (Lipinski definition) is 0. The van der Waals surface area contributed by atoms with Crippen LogP contribution in [0.2, 0.25) is 10.0 Å². The van der Waals surface area contributed by atoms with E-state index in [4.69, 9.17) is 32.7 Å². The van der Waals surface area contributed by atoms with Crippen molar-refractivity contribution in [2.75, 3.05) is 12.9 Å². The van der Waals surface area contributed by atoms with Crippen LogP contribution in [-0.4, -0.2) is 54.9 Å². The first-order valence-corrected chi connectivity index (χ1v) is 14.5. The van der Waals surface area contributed by atoms with Gasteiger partial charge in [-0.3, -0.25) is 9.59 Å². The summed E-state index contributed by atoms with van der Waals surface area (Å²) in [6, 6.07) is 12.7. The second-order valence-corrected chi connectivity index (χ2v) is 13.7. The Kier molecular flexibility index (Phi) is 9.32. The second-order valence-electron chi connectivity index (χ2n) is 10.1. The van der Waals surface area contributed by atoms with Gasteiger partial charge in [-0.05, 0) is 62.6 Å². The average molecular weight is 571 g/mol. The second kappa shape index (κ2) is 11.7. The van der Waals surface area contributed by atoms with E-state index in [1.165, 1.54) is 7.11 Å². The van der Waals surface area contributed by atoms with Gasteiger partial charge >= 0.3 is 5.97 Å². The number of ether oxygens (including phenoxy) is 2. The molecule has 0 aromatic heterocycles. The predicted octanol–water partition coefficient (Wildman–Crippen LogP) is 5.56. The summed E-state index contributed by atoms with van der Waals surface area (Å²) in [6.07, 6.45) is -1.83. The summed E-state index contributed by atoms with van der Waals surface area (Å²) < 4.78 is 36.7. The van der Waals surface area contributed by atoms with Gasteiger partial charge in [0.1, 0.15) is 12.2 Å². The van der Waals surface area contributed by atoms with E-state index < -0.39 is 50.8 Å². The van der Waals surface area contributed by atoms with Gasteiger partial charge in [0.25, 0.3) is 5.91 Å². The Hall–Kier alpha value is -2.13. The maximum absolute atomic E-state index is 14.0. The minimum atomic E-state index is -3.60. The van der Waals surface area contributed by atoms with Crippen molar-refractivity contribution in [1.29, 1.82) is 0 Å². The molecule has 3 rings (SSSR count). The molecule has 0 spiro atoms. The molecule has 0 aliphatic carbocycles. The molecular weight excluding hydrogens is 537 g/mol. The lowest BCUT2D eigenvalue weighted by Gasteiger charge is -2.48. The highest BCUT2D eigenvalue weighted by molar-refractivity contribution is 7.92. The van der Waals surface area contributed by atoms with Crippen molar-refractivity contribution in [3.05, 3.63) is 69.7 Å². The van der Waals surface area contributed by atoms with Crippen LogP contribution in [0.4, 0.5) is 0 Å². The van der Waals surface area contributed by atoms with E-state index in [1.54, 1.807) is 68.1 Å². The number of hydrogen-bond acceptors (Lipinski definition) is 6. The molecule has 1 heterocycles. The van der Waals surface area contributed by atoms with Crippen LogP contribution in [0, 0.1) is 0 Å². The third kappa shape index (κ3) is 6.66. The van der Waals surface area contributed by atoms with Crippen LogP contribution in [0.3, 0.4) is 0 Å². The number of nitrogens with zero attached hydrogens (tertiary/aromatic N) is 1. The maximum Gasteiger partial charge on any atom is 0.308 e. The molecule has 0 bridgehead atoms. The number of halogens is 2. The first-order chi connectivity index (χ1) is 17.3. The largest absolute Gasteiger partial charge is 0.469 e. The number of rotatable bonds is 8. The Morgan fingerprint density at radius 1 is 1.08 bits per heavy atom. The van der Waals surface area contributed by atoms with Gasteiger partial charge in [0.2, 0.25) is 0 Å². The third-order valence-electron chi connectivity index (χ3n) is 6.61. The van der Waals surface area contributed by atoms with Crippen LogP contribution in [-0.2, 0) is 28.9 Å². The molecule has 7 nitrogen and oxygen atoms in total. The summed E-state index contributed by atoms with van der Waals surface area (Å²) in [5, 5.41) is 0.995. The van der Waals surface area contributed by atoms with Crippen molar-refractivity contribution < 1.29 is 27.5 Å². The fourth-order valence-corrected chi connectivity index (χ4v) is 6.10. The molecule has 37 heavy (non-hydrogen) atoms. The topological polar surface area (TPSA) is 90.0 Å². The van der Waals surface area contributed by atoms with Crippen LogP contribution in [0.15, 0.2) is 48.5 Å². The Morgan fingerprint density at radius 3 is 2.27 bits per heavy atom. The van der Waals surface area contributed by atoms with Gasteiger partial charge in [0.15, 0.2) is 9.84 Å². The minimum Gasteiger partial charge on any atom is -0.469 e. The number of methoxy groups -OCH3 is 1. The number of morpholine rings is 1. The quantitative estimate of drug-likeness (QED) is 0.386. The molecule has 1 fully saturated rings. The zero-order chi connectivity index (χ0) is 27.5. The van der Waals surface area contributed by atoms with Crippen molar-refractivity contribution in [1.82, 2.24) is 4.90 Å². The van der Waals surface area contributed by atoms with Crippen LogP contribution in [0.1, 0.15) is 63.8 Å². The Labute approximate surface area is 228 Å². The lowest BCUT2D eigenvalue weighted by atomic mass is 9.89. The molecule has 4 atom stereocenters. The fourth-order valence-electron chi connectivity index (χ4n) is 4.37. The highest BCUT2D eigenvalue weighted by Crippen LogP contribution is 2.45. The molecule has 0 radical (unpaired) electrons. The monoisotopic (exact) mass is 569 g/mol. The van der Waals surface area contributed by atoms with Gasteiger partial charge in [-0.25, -0.2) is 8.42 Å². The van der Waals surface area contributed by atoms with Crippen molar-refractivity contribution >= 4 is 44.9 Å². The Morgan fingerprint density at radius 2 is 1.73 bits per heavy atom. The Bertz CT molecular complexity index is 1230. The van der Waals surface area contributed by atoms with E-state index in [-0.39, 0.29) is 12.2 Å². The smallest absolute Gasteiger partial charge is 0.308 e. The number of esters is 1. The molecule has 2 aromatic carbocycles. The number of carbonyl (C=O) groups is 2. The van der Waals surface area contributed by atoms with Crippen molar-refractivity contribution in [2.24, 2.45) is 0 Å². The predicted molar refractivity (Wildman–Crippen MR) is 144 cm³/mol. The first kappa shape index (κ1) is 29.4.